The molecule has 2 rings (SSSR count). The first-order valence-electron chi connectivity index (χ1n) is 6.95. The zero-order chi connectivity index (χ0) is 14.7. The minimum Gasteiger partial charge on any atom is -0.394 e. The van der Waals surface area contributed by atoms with Gasteiger partial charge in [0.05, 0.1) is 12.6 Å². The number of thiazole rings is 1. The number of aliphatic hydroxyl groups excluding tert-OH is 1. The molecular weight excluding hydrogens is 276 g/mol. The molecule has 7 heteroatoms. The van der Waals surface area contributed by atoms with Gasteiger partial charge in [0.15, 0.2) is 5.13 Å². The molecule has 1 saturated carbocycles. The number of nitrogens with zero attached hydrogens (tertiary/aromatic N) is 1. The minimum absolute atomic E-state index is 0.0880. The van der Waals surface area contributed by atoms with Gasteiger partial charge in [-0.15, -0.1) is 0 Å². The molecule has 1 fully saturated rings. The minimum atomic E-state index is -0.271. The van der Waals surface area contributed by atoms with E-state index in [1.54, 1.807) is 0 Å². The second kappa shape index (κ2) is 6.41. The van der Waals surface area contributed by atoms with E-state index in [-0.39, 0.29) is 30.3 Å². The Kier molecular flexibility index (Phi) is 4.82. The van der Waals surface area contributed by atoms with Gasteiger partial charge in [-0.1, -0.05) is 25.2 Å². The van der Waals surface area contributed by atoms with E-state index in [1.165, 1.54) is 17.8 Å². The Bertz CT molecular complexity index is 471. The average Bonchev–Trinajstić information content (AvgIpc) is 2.71. The Hall–Kier alpha value is -1.34. The fourth-order valence-electron chi connectivity index (χ4n) is 1.94. The molecule has 1 aliphatic rings. The van der Waals surface area contributed by atoms with Gasteiger partial charge >= 0.3 is 0 Å². The number of nitrogens with two attached hydrogens (primary N) is 1. The number of nitrogen functional groups attached to an aromatic ring is 1. The molecule has 0 bridgehead atoms. The van der Waals surface area contributed by atoms with Crippen molar-refractivity contribution in [2.45, 2.75) is 45.2 Å². The van der Waals surface area contributed by atoms with Crippen molar-refractivity contribution in [3.8, 4) is 0 Å². The van der Waals surface area contributed by atoms with E-state index in [4.69, 9.17) is 5.73 Å². The topological polar surface area (TPSA) is 100 Å². The zero-order valence-corrected chi connectivity index (χ0v) is 12.7. The molecule has 0 aromatic carbocycles. The molecule has 0 spiro atoms. The van der Waals surface area contributed by atoms with Crippen molar-refractivity contribution >= 4 is 28.2 Å². The Balaban J connectivity index is 2.01. The molecule has 1 aromatic heterocycles. The van der Waals surface area contributed by atoms with Gasteiger partial charge in [0, 0.05) is 6.04 Å². The summed E-state index contributed by atoms with van der Waals surface area (Å²) in [6.45, 7) is 3.80. The van der Waals surface area contributed by atoms with Crippen molar-refractivity contribution in [1.29, 1.82) is 0 Å². The number of amides is 1. The fraction of sp³-hybridized carbons (Fsp3) is 0.692. The van der Waals surface area contributed by atoms with Crippen LogP contribution in [0.1, 0.15) is 42.8 Å². The van der Waals surface area contributed by atoms with Crippen molar-refractivity contribution in [3.63, 3.8) is 0 Å². The molecule has 0 radical (unpaired) electrons. The van der Waals surface area contributed by atoms with Gasteiger partial charge in [0.25, 0.3) is 5.91 Å². The number of carbonyl (C=O) groups is 1. The highest BCUT2D eigenvalue weighted by atomic mass is 32.1. The number of nitrogens with one attached hydrogen (secondary N) is 2. The van der Waals surface area contributed by atoms with Gasteiger partial charge in [-0.2, -0.15) is 0 Å². The first-order chi connectivity index (χ1) is 9.51. The lowest BCUT2D eigenvalue weighted by Gasteiger charge is -2.25. The summed E-state index contributed by atoms with van der Waals surface area (Å²) in [6.07, 6.45) is 3.51. The molecule has 0 aliphatic heterocycles. The van der Waals surface area contributed by atoms with E-state index >= 15 is 0 Å². The van der Waals surface area contributed by atoms with Crippen LogP contribution in [0.2, 0.25) is 0 Å². The normalized spacial score (nSPS) is 16.8. The van der Waals surface area contributed by atoms with Gasteiger partial charge in [-0.3, -0.25) is 4.79 Å². The third-order valence-corrected chi connectivity index (χ3v) is 4.61. The van der Waals surface area contributed by atoms with Crippen LogP contribution >= 0.6 is 11.3 Å². The van der Waals surface area contributed by atoms with Gasteiger partial charge in [0.2, 0.25) is 0 Å². The summed E-state index contributed by atoms with van der Waals surface area (Å²) in [4.78, 5) is 16.8. The summed E-state index contributed by atoms with van der Waals surface area (Å²) in [5, 5.41) is 16.0. The Morgan fingerprint density at radius 1 is 1.55 bits per heavy atom. The predicted molar refractivity (Wildman–Crippen MR) is 81.0 cm³/mol. The number of hydrogen-bond donors (Lipinski definition) is 4. The third-order valence-electron chi connectivity index (χ3n) is 3.61. The van der Waals surface area contributed by atoms with Gasteiger partial charge in [-0.25, -0.2) is 4.98 Å². The van der Waals surface area contributed by atoms with Crippen molar-refractivity contribution in [2.24, 2.45) is 5.92 Å². The van der Waals surface area contributed by atoms with Crippen LogP contribution in [-0.2, 0) is 0 Å². The van der Waals surface area contributed by atoms with Gasteiger partial charge in [-0.05, 0) is 25.2 Å². The van der Waals surface area contributed by atoms with Crippen molar-refractivity contribution in [2.75, 3.05) is 17.7 Å². The Morgan fingerprint density at radius 2 is 2.25 bits per heavy atom. The third kappa shape index (κ3) is 3.40. The molecule has 1 atom stereocenters. The molecule has 20 heavy (non-hydrogen) atoms. The zero-order valence-electron chi connectivity index (χ0n) is 11.8. The molecule has 1 unspecified atom stereocenters. The standard InChI is InChI=1S/C13H22N4O2S/c1-7(2)9(6-18)16-12(19)10-11(14)17-13(20-10)15-8-4-3-5-8/h7-9,18H,3-6,14H2,1-2H3,(H,15,17)(H,16,19). The van der Waals surface area contributed by atoms with E-state index in [0.29, 0.717) is 16.1 Å². The fourth-order valence-corrected chi connectivity index (χ4v) is 2.81. The molecule has 1 aromatic rings. The molecule has 1 heterocycles. The molecule has 5 N–H and O–H groups in total. The molecule has 1 amide bonds. The van der Waals surface area contributed by atoms with Crippen molar-refractivity contribution in [1.82, 2.24) is 10.3 Å². The first kappa shape index (κ1) is 15.1. The summed E-state index contributed by atoms with van der Waals surface area (Å²) in [7, 11) is 0. The summed E-state index contributed by atoms with van der Waals surface area (Å²) >= 11 is 1.27. The van der Waals surface area contributed by atoms with Crippen LogP contribution in [0.25, 0.3) is 0 Å². The molecule has 1 aliphatic carbocycles. The highest BCUT2D eigenvalue weighted by molar-refractivity contribution is 7.18. The quantitative estimate of drug-likeness (QED) is 0.636. The summed E-state index contributed by atoms with van der Waals surface area (Å²) in [5.74, 6) is 0.134. The van der Waals surface area contributed by atoms with E-state index in [1.807, 2.05) is 13.8 Å². The van der Waals surface area contributed by atoms with E-state index in [0.717, 1.165) is 12.8 Å². The van der Waals surface area contributed by atoms with Gasteiger partial charge < -0.3 is 21.5 Å². The maximum absolute atomic E-state index is 12.2. The number of hydrogen-bond acceptors (Lipinski definition) is 6. The summed E-state index contributed by atoms with van der Waals surface area (Å²) in [6, 6.07) is 0.185. The van der Waals surface area contributed by atoms with Crippen molar-refractivity contribution < 1.29 is 9.90 Å². The van der Waals surface area contributed by atoms with Crippen LogP contribution in [0.3, 0.4) is 0 Å². The molecule has 6 nitrogen and oxygen atoms in total. The van der Waals surface area contributed by atoms with Crippen LogP contribution in [0, 0.1) is 5.92 Å². The van der Waals surface area contributed by atoms with E-state index < -0.39 is 0 Å². The number of aromatic nitrogens is 1. The second-order valence-electron chi connectivity index (χ2n) is 5.51. The van der Waals surface area contributed by atoms with Gasteiger partial charge in [0.1, 0.15) is 10.7 Å². The molecule has 0 saturated heterocycles. The van der Waals surface area contributed by atoms with Crippen LogP contribution in [0.4, 0.5) is 10.9 Å². The number of rotatable bonds is 6. The maximum Gasteiger partial charge on any atom is 0.265 e. The lowest BCUT2D eigenvalue weighted by molar-refractivity contribution is 0.0901. The van der Waals surface area contributed by atoms with E-state index in [9.17, 15) is 9.90 Å². The Labute approximate surface area is 122 Å². The second-order valence-corrected chi connectivity index (χ2v) is 6.51. The highest BCUT2D eigenvalue weighted by Crippen LogP contribution is 2.29. The monoisotopic (exact) mass is 298 g/mol. The van der Waals surface area contributed by atoms with Crippen LogP contribution in [0.5, 0.6) is 0 Å². The Morgan fingerprint density at radius 3 is 2.75 bits per heavy atom. The highest BCUT2D eigenvalue weighted by Gasteiger charge is 2.23. The lowest BCUT2D eigenvalue weighted by atomic mass is 9.93. The average molecular weight is 298 g/mol. The predicted octanol–water partition coefficient (Wildman–Crippen LogP) is 1.44. The number of anilines is 2. The van der Waals surface area contributed by atoms with E-state index in [2.05, 4.69) is 15.6 Å². The molecular formula is C13H22N4O2S. The van der Waals surface area contributed by atoms with Crippen molar-refractivity contribution in [3.05, 3.63) is 4.88 Å². The summed E-state index contributed by atoms with van der Waals surface area (Å²) in [5.41, 5.74) is 5.81. The first-order valence-corrected chi connectivity index (χ1v) is 7.77. The van der Waals surface area contributed by atoms with Crippen LogP contribution < -0.4 is 16.4 Å². The molecule has 112 valence electrons. The van der Waals surface area contributed by atoms with Crippen LogP contribution in [0.15, 0.2) is 0 Å². The number of carbonyl (C=O) groups excluding carboxylic acids is 1. The maximum atomic E-state index is 12.2. The SMILES string of the molecule is CC(C)C(CO)NC(=O)c1sc(NC2CCC2)nc1N. The number of aliphatic hydroxyl groups is 1. The lowest BCUT2D eigenvalue weighted by Crippen LogP contribution is -2.41. The van der Waals surface area contributed by atoms with Crippen LogP contribution in [-0.4, -0.2) is 34.7 Å². The summed E-state index contributed by atoms with van der Waals surface area (Å²) < 4.78 is 0. The smallest absolute Gasteiger partial charge is 0.265 e. The largest absolute Gasteiger partial charge is 0.394 e.